The highest BCUT2D eigenvalue weighted by Crippen LogP contribution is 2.25. The molecule has 1 N–H and O–H groups in total. The van der Waals surface area contributed by atoms with Crippen molar-refractivity contribution in [2.75, 3.05) is 13.7 Å². The fourth-order valence-electron chi connectivity index (χ4n) is 2.08. The maximum atomic E-state index is 5.38. The molecule has 1 aliphatic heterocycles. The first kappa shape index (κ1) is 11.0. The Morgan fingerprint density at radius 3 is 3.07 bits per heavy atom. The van der Waals surface area contributed by atoms with Gasteiger partial charge in [0, 0.05) is 10.5 Å². The van der Waals surface area contributed by atoms with Gasteiger partial charge in [0.25, 0.3) is 0 Å². The average molecular weight is 270 g/mol. The minimum absolute atomic E-state index is 0.625. The van der Waals surface area contributed by atoms with Gasteiger partial charge in [0.05, 0.1) is 7.11 Å². The number of ether oxygens (including phenoxy) is 1. The highest BCUT2D eigenvalue weighted by molar-refractivity contribution is 9.10. The third kappa shape index (κ3) is 2.73. The van der Waals surface area contributed by atoms with Crippen molar-refractivity contribution in [2.24, 2.45) is 0 Å². The van der Waals surface area contributed by atoms with Crippen LogP contribution in [0.25, 0.3) is 0 Å². The lowest BCUT2D eigenvalue weighted by atomic mass is 10.0. The molecule has 1 saturated heterocycles. The van der Waals surface area contributed by atoms with Crippen LogP contribution in [-0.4, -0.2) is 19.7 Å². The molecule has 0 radical (unpaired) electrons. The number of nitrogens with one attached hydrogen (secondary N) is 1. The van der Waals surface area contributed by atoms with E-state index in [4.69, 9.17) is 4.74 Å². The minimum atomic E-state index is 0.625. The number of benzene rings is 1. The van der Waals surface area contributed by atoms with Crippen LogP contribution in [0.5, 0.6) is 5.75 Å². The molecule has 1 atom stereocenters. The molecule has 1 aromatic rings. The Labute approximate surface area is 99.1 Å². The molecule has 0 bridgehead atoms. The van der Waals surface area contributed by atoms with E-state index in [2.05, 4.69) is 33.4 Å². The number of hydrogen-bond donors (Lipinski definition) is 1. The van der Waals surface area contributed by atoms with Crippen LogP contribution in [0.1, 0.15) is 18.4 Å². The van der Waals surface area contributed by atoms with Crippen molar-refractivity contribution in [3.8, 4) is 5.75 Å². The molecular formula is C12H16BrNO. The first-order valence-corrected chi connectivity index (χ1v) is 6.14. The van der Waals surface area contributed by atoms with Gasteiger partial charge in [-0.2, -0.15) is 0 Å². The largest absolute Gasteiger partial charge is 0.496 e. The summed E-state index contributed by atoms with van der Waals surface area (Å²) < 4.78 is 6.45. The maximum Gasteiger partial charge on any atom is 0.123 e. The SMILES string of the molecule is COc1cc(Br)ccc1CC1CCCN1. The molecule has 3 heteroatoms. The van der Waals surface area contributed by atoms with Gasteiger partial charge in [0.1, 0.15) is 5.75 Å². The van der Waals surface area contributed by atoms with E-state index < -0.39 is 0 Å². The fourth-order valence-corrected chi connectivity index (χ4v) is 2.42. The molecule has 0 aliphatic carbocycles. The van der Waals surface area contributed by atoms with E-state index in [9.17, 15) is 0 Å². The first-order valence-electron chi connectivity index (χ1n) is 5.35. The van der Waals surface area contributed by atoms with Gasteiger partial charge in [-0.3, -0.25) is 0 Å². The first-order chi connectivity index (χ1) is 7.29. The Morgan fingerprint density at radius 1 is 1.53 bits per heavy atom. The van der Waals surface area contributed by atoms with Crippen LogP contribution in [0.15, 0.2) is 22.7 Å². The van der Waals surface area contributed by atoms with Crippen molar-refractivity contribution in [1.29, 1.82) is 0 Å². The maximum absolute atomic E-state index is 5.38. The molecule has 0 amide bonds. The van der Waals surface area contributed by atoms with Crippen LogP contribution in [0.3, 0.4) is 0 Å². The molecule has 2 rings (SSSR count). The summed E-state index contributed by atoms with van der Waals surface area (Å²) in [5.41, 5.74) is 1.29. The number of hydrogen-bond acceptors (Lipinski definition) is 2. The summed E-state index contributed by atoms with van der Waals surface area (Å²) in [6.45, 7) is 1.16. The van der Waals surface area contributed by atoms with Crippen LogP contribution in [0.2, 0.25) is 0 Å². The highest BCUT2D eigenvalue weighted by atomic mass is 79.9. The Hall–Kier alpha value is -0.540. The standard InChI is InChI=1S/C12H16BrNO/c1-15-12-8-10(13)5-4-9(12)7-11-3-2-6-14-11/h4-5,8,11,14H,2-3,6-7H2,1H3. The molecule has 15 heavy (non-hydrogen) atoms. The quantitative estimate of drug-likeness (QED) is 0.911. The molecule has 1 aliphatic rings. The number of rotatable bonds is 3. The summed E-state index contributed by atoms with van der Waals surface area (Å²) in [4.78, 5) is 0. The van der Waals surface area contributed by atoms with Crippen LogP contribution in [-0.2, 0) is 6.42 Å². The summed E-state index contributed by atoms with van der Waals surface area (Å²) in [6, 6.07) is 6.88. The van der Waals surface area contributed by atoms with Crippen molar-refractivity contribution >= 4 is 15.9 Å². The van der Waals surface area contributed by atoms with E-state index in [1.165, 1.54) is 18.4 Å². The average Bonchev–Trinajstić information content (AvgIpc) is 2.73. The topological polar surface area (TPSA) is 21.3 Å². The van der Waals surface area contributed by atoms with E-state index >= 15 is 0 Å². The molecule has 1 unspecified atom stereocenters. The van der Waals surface area contributed by atoms with E-state index in [0.717, 1.165) is 23.2 Å². The lowest BCUT2D eigenvalue weighted by Crippen LogP contribution is -2.23. The summed E-state index contributed by atoms with van der Waals surface area (Å²) >= 11 is 3.45. The van der Waals surface area contributed by atoms with Gasteiger partial charge in [-0.1, -0.05) is 22.0 Å². The van der Waals surface area contributed by atoms with Gasteiger partial charge in [-0.25, -0.2) is 0 Å². The monoisotopic (exact) mass is 269 g/mol. The molecule has 0 aromatic heterocycles. The second-order valence-corrected chi connectivity index (χ2v) is 4.87. The van der Waals surface area contributed by atoms with Gasteiger partial charge >= 0.3 is 0 Å². The van der Waals surface area contributed by atoms with Crippen molar-refractivity contribution in [1.82, 2.24) is 5.32 Å². The Morgan fingerprint density at radius 2 is 2.40 bits per heavy atom. The van der Waals surface area contributed by atoms with Gasteiger partial charge < -0.3 is 10.1 Å². The molecular weight excluding hydrogens is 254 g/mol. The van der Waals surface area contributed by atoms with Crippen molar-refractivity contribution < 1.29 is 4.74 Å². The van der Waals surface area contributed by atoms with Crippen molar-refractivity contribution in [2.45, 2.75) is 25.3 Å². The zero-order valence-electron chi connectivity index (χ0n) is 8.92. The predicted molar refractivity (Wildman–Crippen MR) is 65.4 cm³/mol. The van der Waals surface area contributed by atoms with Gasteiger partial charge in [-0.05, 0) is 43.5 Å². The minimum Gasteiger partial charge on any atom is -0.496 e. The van der Waals surface area contributed by atoms with Crippen LogP contribution in [0, 0.1) is 0 Å². The second-order valence-electron chi connectivity index (χ2n) is 3.95. The summed E-state index contributed by atoms with van der Waals surface area (Å²) in [7, 11) is 1.73. The molecule has 1 heterocycles. The molecule has 0 spiro atoms. The zero-order chi connectivity index (χ0) is 10.7. The van der Waals surface area contributed by atoms with Gasteiger partial charge in [0.15, 0.2) is 0 Å². The van der Waals surface area contributed by atoms with E-state index in [1.54, 1.807) is 7.11 Å². The van der Waals surface area contributed by atoms with Crippen LogP contribution >= 0.6 is 15.9 Å². The summed E-state index contributed by atoms with van der Waals surface area (Å²) in [5.74, 6) is 0.984. The zero-order valence-corrected chi connectivity index (χ0v) is 10.5. The summed E-state index contributed by atoms with van der Waals surface area (Å²) in [5, 5.41) is 3.50. The third-order valence-electron chi connectivity index (χ3n) is 2.88. The van der Waals surface area contributed by atoms with Crippen molar-refractivity contribution in [3.63, 3.8) is 0 Å². The Bertz CT molecular complexity index is 334. The van der Waals surface area contributed by atoms with E-state index in [1.807, 2.05) is 6.07 Å². The summed E-state index contributed by atoms with van der Waals surface area (Å²) in [6.07, 6.45) is 3.64. The number of methoxy groups -OCH3 is 1. The molecule has 0 saturated carbocycles. The van der Waals surface area contributed by atoms with Crippen LogP contribution in [0.4, 0.5) is 0 Å². The third-order valence-corrected chi connectivity index (χ3v) is 3.37. The van der Waals surface area contributed by atoms with Crippen LogP contribution < -0.4 is 10.1 Å². The number of halogens is 1. The second kappa shape index (κ2) is 4.99. The molecule has 82 valence electrons. The fraction of sp³-hybridized carbons (Fsp3) is 0.500. The van der Waals surface area contributed by atoms with E-state index in [0.29, 0.717) is 6.04 Å². The Balaban J connectivity index is 2.12. The highest BCUT2D eigenvalue weighted by Gasteiger charge is 2.16. The van der Waals surface area contributed by atoms with Gasteiger partial charge in [0.2, 0.25) is 0 Å². The molecule has 1 fully saturated rings. The van der Waals surface area contributed by atoms with Gasteiger partial charge in [-0.15, -0.1) is 0 Å². The predicted octanol–water partition coefficient (Wildman–Crippen LogP) is 2.75. The smallest absolute Gasteiger partial charge is 0.123 e. The molecule has 2 nitrogen and oxygen atoms in total. The molecule has 1 aromatic carbocycles. The van der Waals surface area contributed by atoms with Crippen molar-refractivity contribution in [3.05, 3.63) is 28.2 Å². The lowest BCUT2D eigenvalue weighted by Gasteiger charge is -2.13. The Kier molecular flexibility index (Phi) is 3.65. The normalized spacial score (nSPS) is 20.5. The van der Waals surface area contributed by atoms with E-state index in [-0.39, 0.29) is 0 Å². The lowest BCUT2D eigenvalue weighted by molar-refractivity contribution is 0.406.